The Hall–Kier alpha value is -1.35. The van der Waals surface area contributed by atoms with Gasteiger partial charge < -0.3 is 9.88 Å². The van der Waals surface area contributed by atoms with E-state index in [1.165, 1.54) is 6.42 Å². The van der Waals surface area contributed by atoms with E-state index in [0.717, 1.165) is 41.5 Å². The normalized spacial score (nSPS) is 19.8. The van der Waals surface area contributed by atoms with Gasteiger partial charge in [-0.25, -0.2) is 4.39 Å². The first kappa shape index (κ1) is 11.7. The molecule has 1 aliphatic heterocycles. The number of aryl methyl sites for hydroxylation is 2. The van der Waals surface area contributed by atoms with Crippen molar-refractivity contribution in [3.63, 3.8) is 0 Å². The third kappa shape index (κ3) is 1.83. The lowest BCUT2D eigenvalue weighted by atomic mass is 10.0. The lowest BCUT2D eigenvalue weighted by Crippen LogP contribution is -2.24. The summed E-state index contributed by atoms with van der Waals surface area (Å²) in [6, 6.07) is 6.37. The molecule has 96 valence electrons. The summed E-state index contributed by atoms with van der Waals surface area (Å²) in [4.78, 5) is 0. The third-order valence-corrected chi connectivity index (χ3v) is 4.11. The molecular weight excluding hydrogens is 227 g/mol. The number of aromatic nitrogens is 1. The third-order valence-electron chi connectivity index (χ3n) is 4.11. The molecular formula is C15H19FN2. The summed E-state index contributed by atoms with van der Waals surface area (Å²) in [5.74, 6) is -0.0371. The Morgan fingerprint density at radius 1 is 1.44 bits per heavy atom. The number of hydrogen-bond acceptors (Lipinski definition) is 1. The quantitative estimate of drug-likeness (QED) is 0.862. The zero-order valence-electron chi connectivity index (χ0n) is 11.0. The predicted molar refractivity (Wildman–Crippen MR) is 72.3 cm³/mol. The molecule has 2 heterocycles. The average Bonchev–Trinajstić information content (AvgIpc) is 2.95. The van der Waals surface area contributed by atoms with Crippen molar-refractivity contribution in [2.75, 3.05) is 6.54 Å². The smallest absolute Gasteiger partial charge is 0.135 e. The molecule has 0 amide bonds. The van der Waals surface area contributed by atoms with Crippen LogP contribution in [-0.4, -0.2) is 17.2 Å². The molecule has 0 spiro atoms. The van der Waals surface area contributed by atoms with E-state index < -0.39 is 0 Å². The van der Waals surface area contributed by atoms with Gasteiger partial charge in [-0.05, 0) is 50.4 Å². The zero-order chi connectivity index (χ0) is 12.7. The van der Waals surface area contributed by atoms with Gasteiger partial charge in [-0.2, -0.15) is 0 Å². The van der Waals surface area contributed by atoms with E-state index in [-0.39, 0.29) is 5.82 Å². The minimum absolute atomic E-state index is 0.0371. The Morgan fingerprint density at radius 2 is 2.28 bits per heavy atom. The van der Waals surface area contributed by atoms with Crippen molar-refractivity contribution in [2.45, 2.75) is 32.2 Å². The highest BCUT2D eigenvalue weighted by Gasteiger charge is 2.18. The number of nitrogens with one attached hydrogen (secondary N) is 1. The fourth-order valence-corrected chi connectivity index (χ4v) is 2.91. The summed E-state index contributed by atoms with van der Waals surface area (Å²) >= 11 is 0. The summed E-state index contributed by atoms with van der Waals surface area (Å²) in [5, 5.41) is 4.18. The molecule has 1 aromatic carbocycles. The lowest BCUT2D eigenvalue weighted by molar-refractivity contribution is 0.566. The Bertz CT molecular complexity index is 580. The molecule has 1 fully saturated rings. The van der Waals surface area contributed by atoms with E-state index in [1.54, 1.807) is 0 Å². The van der Waals surface area contributed by atoms with Crippen LogP contribution in [0.4, 0.5) is 4.39 Å². The summed E-state index contributed by atoms with van der Waals surface area (Å²) in [6.07, 6.45) is 3.17. The van der Waals surface area contributed by atoms with Crippen LogP contribution >= 0.6 is 0 Å². The van der Waals surface area contributed by atoms with Gasteiger partial charge in [-0.3, -0.25) is 0 Å². The van der Waals surface area contributed by atoms with Gasteiger partial charge in [0.25, 0.3) is 0 Å². The number of benzene rings is 1. The van der Waals surface area contributed by atoms with Crippen LogP contribution in [0.2, 0.25) is 0 Å². The number of fused-ring (bicyclic) bond motifs is 1. The first-order valence-corrected chi connectivity index (χ1v) is 6.63. The second-order valence-electron chi connectivity index (χ2n) is 5.31. The molecule has 1 atom stereocenters. The molecule has 0 aliphatic carbocycles. The first-order chi connectivity index (χ1) is 8.66. The second kappa shape index (κ2) is 4.39. The van der Waals surface area contributed by atoms with Crippen LogP contribution in [0, 0.1) is 12.7 Å². The topological polar surface area (TPSA) is 17.0 Å². The standard InChI is InChI=1S/C15H19FN2/c1-10-8-13-14(18(10)2)6-5-11(15(13)16)9-12-4-3-7-17-12/h5-6,8,12,17H,3-4,7,9H2,1-2H3. The molecule has 1 aliphatic rings. The van der Waals surface area contributed by atoms with Crippen molar-refractivity contribution < 1.29 is 4.39 Å². The fourth-order valence-electron chi connectivity index (χ4n) is 2.91. The van der Waals surface area contributed by atoms with Crippen LogP contribution in [0.1, 0.15) is 24.1 Å². The number of hydrogen-bond donors (Lipinski definition) is 1. The van der Waals surface area contributed by atoms with Crippen LogP contribution in [0.5, 0.6) is 0 Å². The Balaban J connectivity index is 2.00. The van der Waals surface area contributed by atoms with E-state index in [2.05, 4.69) is 5.32 Å². The van der Waals surface area contributed by atoms with Crippen molar-refractivity contribution in [3.05, 3.63) is 35.3 Å². The maximum Gasteiger partial charge on any atom is 0.135 e. The van der Waals surface area contributed by atoms with Crippen molar-refractivity contribution in [2.24, 2.45) is 7.05 Å². The van der Waals surface area contributed by atoms with Crippen LogP contribution < -0.4 is 5.32 Å². The second-order valence-corrected chi connectivity index (χ2v) is 5.31. The van der Waals surface area contributed by atoms with Crippen molar-refractivity contribution in [3.8, 4) is 0 Å². The van der Waals surface area contributed by atoms with Gasteiger partial charge in [0.2, 0.25) is 0 Å². The number of nitrogens with zero attached hydrogens (tertiary/aromatic N) is 1. The van der Waals surface area contributed by atoms with E-state index >= 15 is 0 Å². The number of halogens is 1. The molecule has 1 N–H and O–H groups in total. The molecule has 1 unspecified atom stereocenters. The highest BCUT2D eigenvalue weighted by molar-refractivity contribution is 5.82. The Kier molecular flexibility index (Phi) is 2.86. The molecule has 3 heteroatoms. The van der Waals surface area contributed by atoms with E-state index in [0.29, 0.717) is 6.04 Å². The maximum atomic E-state index is 14.5. The van der Waals surface area contributed by atoms with Crippen LogP contribution in [-0.2, 0) is 13.5 Å². The van der Waals surface area contributed by atoms with E-state index in [9.17, 15) is 4.39 Å². The summed E-state index contributed by atoms with van der Waals surface area (Å²) in [5.41, 5.74) is 2.92. The first-order valence-electron chi connectivity index (χ1n) is 6.63. The molecule has 3 rings (SSSR count). The molecule has 0 saturated carbocycles. The highest BCUT2D eigenvalue weighted by Crippen LogP contribution is 2.25. The largest absolute Gasteiger partial charge is 0.348 e. The van der Waals surface area contributed by atoms with Crippen LogP contribution in [0.25, 0.3) is 10.9 Å². The molecule has 0 radical (unpaired) electrons. The summed E-state index contributed by atoms with van der Waals surface area (Å²) < 4.78 is 16.5. The van der Waals surface area contributed by atoms with Crippen molar-refractivity contribution >= 4 is 10.9 Å². The molecule has 18 heavy (non-hydrogen) atoms. The number of rotatable bonds is 2. The van der Waals surface area contributed by atoms with Crippen molar-refractivity contribution in [1.29, 1.82) is 0 Å². The van der Waals surface area contributed by atoms with Crippen molar-refractivity contribution in [1.82, 2.24) is 9.88 Å². The van der Waals surface area contributed by atoms with Gasteiger partial charge >= 0.3 is 0 Å². The summed E-state index contributed by atoms with van der Waals surface area (Å²) in [7, 11) is 1.98. The van der Waals surface area contributed by atoms with Gasteiger partial charge in [-0.1, -0.05) is 6.07 Å². The SMILES string of the molecule is Cc1cc2c(F)c(CC3CCCN3)ccc2n1C. The maximum absolute atomic E-state index is 14.5. The molecule has 0 bridgehead atoms. The van der Waals surface area contributed by atoms with Crippen LogP contribution in [0.3, 0.4) is 0 Å². The van der Waals surface area contributed by atoms with Crippen LogP contribution in [0.15, 0.2) is 18.2 Å². The molecule has 1 saturated heterocycles. The predicted octanol–water partition coefficient (Wildman–Crippen LogP) is 2.92. The monoisotopic (exact) mass is 246 g/mol. The lowest BCUT2D eigenvalue weighted by Gasteiger charge is -2.11. The average molecular weight is 246 g/mol. The fraction of sp³-hybridized carbons (Fsp3) is 0.467. The van der Waals surface area contributed by atoms with Gasteiger partial charge in [0.15, 0.2) is 0 Å². The van der Waals surface area contributed by atoms with Gasteiger partial charge in [-0.15, -0.1) is 0 Å². The zero-order valence-corrected chi connectivity index (χ0v) is 11.0. The van der Waals surface area contributed by atoms with E-state index in [1.807, 2.05) is 36.7 Å². The Labute approximate surface area is 107 Å². The van der Waals surface area contributed by atoms with Gasteiger partial charge in [0.05, 0.1) is 5.52 Å². The summed E-state index contributed by atoms with van der Waals surface area (Å²) in [6.45, 7) is 3.08. The molecule has 2 aromatic rings. The Morgan fingerprint density at radius 3 is 3.00 bits per heavy atom. The minimum Gasteiger partial charge on any atom is -0.348 e. The van der Waals surface area contributed by atoms with Gasteiger partial charge in [0.1, 0.15) is 5.82 Å². The molecule has 1 aromatic heterocycles. The van der Waals surface area contributed by atoms with Gasteiger partial charge in [0, 0.05) is 24.2 Å². The van der Waals surface area contributed by atoms with E-state index in [4.69, 9.17) is 0 Å². The minimum atomic E-state index is -0.0371. The highest BCUT2D eigenvalue weighted by atomic mass is 19.1. The molecule has 2 nitrogen and oxygen atoms in total.